The molecule has 19 heavy (non-hydrogen) atoms. The van der Waals surface area contributed by atoms with Crippen LogP contribution in [-0.4, -0.2) is 47.8 Å². The molecule has 0 aromatic heterocycles. The summed E-state index contributed by atoms with van der Waals surface area (Å²) in [6.07, 6.45) is 0.829. The molecule has 1 aliphatic rings. The van der Waals surface area contributed by atoms with Gasteiger partial charge in [0.1, 0.15) is 0 Å². The smallest absolute Gasteiger partial charge is 0.253 e. The summed E-state index contributed by atoms with van der Waals surface area (Å²) in [5, 5.41) is 0. The van der Waals surface area contributed by atoms with E-state index in [1.807, 2.05) is 17.0 Å². The zero-order chi connectivity index (χ0) is 13.8. The van der Waals surface area contributed by atoms with Crippen molar-refractivity contribution in [2.24, 2.45) is 0 Å². The van der Waals surface area contributed by atoms with Crippen molar-refractivity contribution in [2.45, 2.75) is 18.2 Å². The molecular weight excluding hydrogens is 260 g/mol. The lowest BCUT2D eigenvalue weighted by molar-refractivity contribution is -0.128. The average Bonchev–Trinajstić information content (AvgIpc) is 2.64. The van der Waals surface area contributed by atoms with Gasteiger partial charge in [0.15, 0.2) is 0 Å². The maximum Gasteiger partial charge on any atom is 0.253 e. The highest BCUT2D eigenvalue weighted by atomic mass is 32.1. The molecule has 0 N–H and O–H groups in total. The molecule has 0 unspecified atom stereocenters. The first-order valence-corrected chi connectivity index (χ1v) is 6.86. The van der Waals surface area contributed by atoms with Gasteiger partial charge in [-0.15, -0.1) is 12.6 Å². The third-order valence-corrected chi connectivity index (χ3v) is 3.64. The maximum absolute atomic E-state index is 12.3. The third-order valence-electron chi connectivity index (χ3n) is 3.34. The molecule has 0 spiro atoms. The van der Waals surface area contributed by atoms with Crippen molar-refractivity contribution in [3.05, 3.63) is 29.8 Å². The number of nitrogens with zero attached hydrogens (tertiary/aromatic N) is 2. The van der Waals surface area contributed by atoms with E-state index in [4.69, 9.17) is 0 Å². The van der Waals surface area contributed by atoms with Crippen LogP contribution >= 0.6 is 12.6 Å². The van der Waals surface area contributed by atoms with Crippen LogP contribution in [0.15, 0.2) is 29.2 Å². The first-order valence-electron chi connectivity index (χ1n) is 6.42. The topological polar surface area (TPSA) is 40.6 Å². The summed E-state index contributed by atoms with van der Waals surface area (Å²) in [6, 6.07) is 7.21. The van der Waals surface area contributed by atoms with Gasteiger partial charge in [0.05, 0.1) is 0 Å². The van der Waals surface area contributed by atoms with Crippen LogP contribution in [-0.2, 0) is 4.79 Å². The van der Waals surface area contributed by atoms with Gasteiger partial charge >= 0.3 is 0 Å². The summed E-state index contributed by atoms with van der Waals surface area (Å²) in [6.45, 7) is 4.22. The fourth-order valence-electron chi connectivity index (χ4n) is 2.22. The minimum absolute atomic E-state index is 0.0266. The standard InChI is InChI=1S/C14H18N2O2S/c1-11(17)15-7-2-8-16(10-9-15)14(18)12-3-5-13(19)6-4-12/h3-6,19H,2,7-10H2,1H3. The Bertz CT molecular complexity index is 473. The molecule has 102 valence electrons. The van der Waals surface area contributed by atoms with Crippen LogP contribution in [0.3, 0.4) is 0 Å². The van der Waals surface area contributed by atoms with Crippen molar-refractivity contribution in [2.75, 3.05) is 26.2 Å². The van der Waals surface area contributed by atoms with Crippen molar-refractivity contribution in [1.29, 1.82) is 0 Å². The Morgan fingerprint density at radius 3 is 2.21 bits per heavy atom. The number of thiol groups is 1. The van der Waals surface area contributed by atoms with Crippen LogP contribution in [0.5, 0.6) is 0 Å². The number of rotatable bonds is 1. The van der Waals surface area contributed by atoms with E-state index >= 15 is 0 Å². The van der Waals surface area contributed by atoms with Crippen molar-refractivity contribution < 1.29 is 9.59 Å². The van der Waals surface area contributed by atoms with Gasteiger partial charge < -0.3 is 9.80 Å². The van der Waals surface area contributed by atoms with Gasteiger partial charge in [-0.3, -0.25) is 9.59 Å². The largest absolute Gasteiger partial charge is 0.341 e. The zero-order valence-electron chi connectivity index (χ0n) is 11.0. The number of amides is 2. The van der Waals surface area contributed by atoms with Gasteiger partial charge in [-0.05, 0) is 30.7 Å². The summed E-state index contributed by atoms with van der Waals surface area (Å²) in [5.41, 5.74) is 0.675. The van der Waals surface area contributed by atoms with Crippen molar-refractivity contribution in [3.63, 3.8) is 0 Å². The fraction of sp³-hybridized carbons (Fsp3) is 0.429. The van der Waals surface area contributed by atoms with Gasteiger partial charge in [0.2, 0.25) is 5.91 Å². The molecule has 1 heterocycles. The van der Waals surface area contributed by atoms with Gasteiger partial charge in [-0.25, -0.2) is 0 Å². The molecule has 5 heteroatoms. The number of hydrogen-bond acceptors (Lipinski definition) is 3. The Labute approximate surface area is 118 Å². The third kappa shape index (κ3) is 3.50. The second-order valence-corrected chi connectivity index (χ2v) is 5.22. The van der Waals surface area contributed by atoms with Crippen molar-refractivity contribution in [3.8, 4) is 0 Å². The molecule has 1 aromatic rings. The van der Waals surface area contributed by atoms with Gasteiger partial charge in [0, 0.05) is 43.6 Å². The van der Waals surface area contributed by atoms with E-state index in [0.717, 1.165) is 17.9 Å². The summed E-state index contributed by atoms with van der Waals surface area (Å²) in [7, 11) is 0. The van der Waals surface area contributed by atoms with Gasteiger partial charge in [-0.1, -0.05) is 0 Å². The minimum atomic E-state index is 0.0266. The Hall–Kier alpha value is -1.49. The van der Waals surface area contributed by atoms with Crippen LogP contribution in [0.2, 0.25) is 0 Å². The first-order chi connectivity index (χ1) is 9.08. The van der Waals surface area contributed by atoms with Crippen molar-refractivity contribution >= 4 is 24.4 Å². The minimum Gasteiger partial charge on any atom is -0.341 e. The lowest BCUT2D eigenvalue weighted by Crippen LogP contribution is -2.36. The zero-order valence-corrected chi connectivity index (χ0v) is 11.9. The second-order valence-electron chi connectivity index (χ2n) is 4.70. The normalized spacial score (nSPS) is 16.1. The number of carbonyl (C=O) groups excluding carboxylic acids is 2. The van der Waals surface area contributed by atoms with E-state index in [0.29, 0.717) is 25.2 Å². The summed E-state index contributed by atoms with van der Waals surface area (Å²) in [5.74, 6) is 0.104. The molecule has 1 fully saturated rings. The first kappa shape index (κ1) is 13.9. The maximum atomic E-state index is 12.3. The van der Waals surface area contributed by atoms with Crippen LogP contribution in [0.25, 0.3) is 0 Å². The SMILES string of the molecule is CC(=O)N1CCCN(C(=O)c2ccc(S)cc2)CC1. The predicted molar refractivity (Wildman–Crippen MR) is 76.5 cm³/mol. The molecule has 0 aliphatic carbocycles. The Kier molecular flexibility index (Phi) is 4.47. The van der Waals surface area contributed by atoms with Crippen LogP contribution < -0.4 is 0 Å². The fourth-order valence-corrected chi connectivity index (χ4v) is 2.37. The molecule has 0 bridgehead atoms. The Balaban J connectivity index is 2.03. The molecule has 1 saturated heterocycles. The lowest BCUT2D eigenvalue weighted by atomic mass is 10.2. The van der Waals surface area contributed by atoms with E-state index < -0.39 is 0 Å². The van der Waals surface area contributed by atoms with E-state index in [9.17, 15) is 9.59 Å². The van der Waals surface area contributed by atoms with E-state index in [1.165, 1.54) is 0 Å². The average molecular weight is 278 g/mol. The highest BCUT2D eigenvalue weighted by Crippen LogP contribution is 2.12. The van der Waals surface area contributed by atoms with Crippen molar-refractivity contribution in [1.82, 2.24) is 9.80 Å². The number of carbonyl (C=O) groups is 2. The summed E-state index contributed by atoms with van der Waals surface area (Å²) < 4.78 is 0. The Morgan fingerprint density at radius 1 is 1.00 bits per heavy atom. The lowest BCUT2D eigenvalue weighted by Gasteiger charge is -2.21. The monoisotopic (exact) mass is 278 g/mol. The number of benzene rings is 1. The number of hydrogen-bond donors (Lipinski definition) is 1. The van der Waals surface area contributed by atoms with Crippen LogP contribution in [0, 0.1) is 0 Å². The second kappa shape index (κ2) is 6.10. The highest BCUT2D eigenvalue weighted by molar-refractivity contribution is 7.80. The van der Waals surface area contributed by atoms with E-state index in [-0.39, 0.29) is 11.8 Å². The predicted octanol–water partition coefficient (Wildman–Crippen LogP) is 1.67. The quantitative estimate of drug-likeness (QED) is 0.794. The van der Waals surface area contributed by atoms with Gasteiger partial charge in [-0.2, -0.15) is 0 Å². The molecule has 1 aromatic carbocycles. The molecule has 2 rings (SSSR count). The van der Waals surface area contributed by atoms with Gasteiger partial charge in [0.25, 0.3) is 5.91 Å². The van der Waals surface area contributed by atoms with Crippen LogP contribution in [0.1, 0.15) is 23.7 Å². The Morgan fingerprint density at radius 2 is 1.58 bits per heavy atom. The molecule has 0 radical (unpaired) electrons. The highest BCUT2D eigenvalue weighted by Gasteiger charge is 2.21. The molecule has 4 nitrogen and oxygen atoms in total. The molecule has 1 aliphatic heterocycles. The molecule has 2 amide bonds. The van der Waals surface area contributed by atoms with E-state index in [2.05, 4.69) is 12.6 Å². The molecule has 0 saturated carbocycles. The van der Waals surface area contributed by atoms with E-state index in [1.54, 1.807) is 24.0 Å². The molecular formula is C14H18N2O2S. The van der Waals surface area contributed by atoms with Crippen LogP contribution in [0.4, 0.5) is 0 Å². The molecule has 0 atom stereocenters. The summed E-state index contributed by atoms with van der Waals surface area (Å²) >= 11 is 4.21. The summed E-state index contributed by atoms with van der Waals surface area (Å²) in [4.78, 5) is 28.1.